The number of hydrogen-bond acceptors (Lipinski definition) is 5. The normalized spacial score (nSPS) is 11.2. The lowest BCUT2D eigenvalue weighted by Gasteiger charge is -2.06. The zero-order valence-corrected chi connectivity index (χ0v) is 13.3. The number of nitrogens with one attached hydrogen (secondary N) is 1. The van der Waals surface area contributed by atoms with Gasteiger partial charge in [0, 0.05) is 18.0 Å². The number of rotatable bonds is 6. The van der Waals surface area contributed by atoms with Crippen molar-refractivity contribution in [2.45, 2.75) is 18.4 Å². The van der Waals surface area contributed by atoms with Gasteiger partial charge in [0.25, 0.3) is 0 Å². The van der Waals surface area contributed by atoms with Gasteiger partial charge in [0.2, 0.25) is 0 Å². The Hall–Kier alpha value is -1.68. The molecule has 0 aliphatic carbocycles. The molecule has 1 heterocycles. The fourth-order valence-electron chi connectivity index (χ4n) is 1.87. The largest absolute Gasteiger partial charge is 0.311 e. The molecule has 2 aromatic rings. The van der Waals surface area contributed by atoms with Crippen LogP contribution in [0, 0.1) is 18.3 Å². The van der Waals surface area contributed by atoms with Crippen LogP contribution in [0.3, 0.4) is 0 Å². The molecule has 4 nitrogen and oxygen atoms in total. The van der Waals surface area contributed by atoms with E-state index < -0.39 is 9.84 Å². The Labute approximate surface area is 129 Å². The summed E-state index contributed by atoms with van der Waals surface area (Å²) in [6.45, 7) is 3.10. The van der Waals surface area contributed by atoms with Gasteiger partial charge in [-0.05, 0) is 42.1 Å². The van der Waals surface area contributed by atoms with Crippen molar-refractivity contribution in [2.75, 3.05) is 12.3 Å². The van der Waals surface area contributed by atoms with E-state index >= 15 is 0 Å². The van der Waals surface area contributed by atoms with E-state index in [0.29, 0.717) is 18.7 Å². The molecular formula is C15H16N2O2S2. The molecule has 0 aliphatic heterocycles. The average molecular weight is 320 g/mol. The smallest absolute Gasteiger partial charge is 0.179 e. The fraction of sp³-hybridized carbons (Fsp3) is 0.267. The SMILES string of the molecule is Cc1ccsc1CNCCS(=O)(=O)c1cccc(C#N)c1. The highest BCUT2D eigenvalue weighted by atomic mass is 32.2. The third-order valence-electron chi connectivity index (χ3n) is 3.12. The van der Waals surface area contributed by atoms with Crippen molar-refractivity contribution >= 4 is 21.2 Å². The molecule has 1 aromatic heterocycles. The molecule has 110 valence electrons. The Morgan fingerprint density at radius 3 is 2.81 bits per heavy atom. The molecule has 0 atom stereocenters. The first-order valence-electron chi connectivity index (χ1n) is 6.49. The van der Waals surface area contributed by atoms with Gasteiger partial charge in [-0.25, -0.2) is 8.42 Å². The number of nitriles is 1. The molecule has 0 spiro atoms. The number of thiophene rings is 1. The lowest BCUT2D eigenvalue weighted by Crippen LogP contribution is -2.22. The van der Waals surface area contributed by atoms with Crippen LogP contribution in [0.25, 0.3) is 0 Å². The fourth-order valence-corrected chi connectivity index (χ4v) is 3.99. The first-order chi connectivity index (χ1) is 10.0. The summed E-state index contributed by atoms with van der Waals surface area (Å²) in [5, 5.41) is 14.0. The van der Waals surface area contributed by atoms with Gasteiger partial charge >= 0.3 is 0 Å². The quantitative estimate of drug-likeness (QED) is 0.830. The van der Waals surface area contributed by atoms with E-state index in [0.717, 1.165) is 0 Å². The van der Waals surface area contributed by atoms with Crippen molar-refractivity contribution in [1.29, 1.82) is 5.26 Å². The lowest BCUT2D eigenvalue weighted by molar-refractivity contribution is 0.591. The highest BCUT2D eigenvalue weighted by Crippen LogP contribution is 2.15. The van der Waals surface area contributed by atoms with Gasteiger partial charge < -0.3 is 5.32 Å². The topological polar surface area (TPSA) is 70.0 Å². The van der Waals surface area contributed by atoms with Crippen molar-refractivity contribution < 1.29 is 8.42 Å². The van der Waals surface area contributed by atoms with E-state index in [1.54, 1.807) is 23.5 Å². The van der Waals surface area contributed by atoms with Gasteiger partial charge in [0.05, 0.1) is 22.3 Å². The summed E-state index contributed by atoms with van der Waals surface area (Å²) < 4.78 is 24.4. The van der Waals surface area contributed by atoms with Crippen LogP contribution in [-0.4, -0.2) is 20.7 Å². The van der Waals surface area contributed by atoms with Gasteiger partial charge in [-0.3, -0.25) is 0 Å². The average Bonchev–Trinajstić information content (AvgIpc) is 2.89. The maximum absolute atomic E-state index is 12.2. The summed E-state index contributed by atoms with van der Waals surface area (Å²) in [6, 6.07) is 10.1. The molecule has 0 aliphatic rings. The van der Waals surface area contributed by atoms with Crippen LogP contribution in [0.4, 0.5) is 0 Å². The van der Waals surface area contributed by atoms with Crippen LogP contribution in [0.1, 0.15) is 16.0 Å². The van der Waals surface area contributed by atoms with Crippen LogP contribution >= 0.6 is 11.3 Å². The van der Waals surface area contributed by atoms with Crippen molar-refractivity contribution in [3.8, 4) is 6.07 Å². The Bertz CT molecular complexity index is 758. The maximum Gasteiger partial charge on any atom is 0.179 e. The molecule has 6 heteroatoms. The molecule has 1 aromatic carbocycles. The third-order valence-corrected chi connectivity index (χ3v) is 5.86. The number of sulfone groups is 1. The Balaban J connectivity index is 1.92. The van der Waals surface area contributed by atoms with Gasteiger partial charge in [-0.1, -0.05) is 6.07 Å². The van der Waals surface area contributed by atoms with Gasteiger partial charge in [-0.2, -0.15) is 5.26 Å². The monoisotopic (exact) mass is 320 g/mol. The molecule has 0 saturated carbocycles. The third kappa shape index (κ3) is 4.14. The standard InChI is InChI=1S/C15H16N2O2S2/c1-12-5-7-20-15(12)11-17-6-8-21(18,19)14-4-2-3-13(9-14)10-16/h2-5,7,9,17H,6,8,11H2,1H3. The van der Waals surface area contributed by atoms with Gasteiger partial charge in [0.1, 0.15) is 0 Å². The zero-order chi connectivity index (χ0) is 15.3. The zero-order valence-electron chi connectivity index (χ0n) is 11.7. The highest BCUT2D eigenvalue weighted by Gasteiger charge is 2.14. The Morgan fingerprint density at radius 1 is 1.33 bits per heavy atom. The molecule has 0 radical (unpaired) electrons. The van der Waals surface area contributed by atoms with Crippen molar-refractivity contribution in [1.82, 2.24) is 5.32 Å². The minimum absolute atomic E-state index is 0.0201. The minimum atomic E-state index is -3.35. The van der Waals surface area contributed by atoms with E-state index in [-0.39, 0.29) is 10.6 Å². The molecule has 0 amide bonds. The van der Waals surface area contributed by atoms with Crippen molar-refractivity contribution in [2.24, 2.45) is 0 Å². The van der Waals surface area contributed by atoms with E-state index in [1.165, 1.54) is 22.6 Å². The summed E-state index contributed by atoms with van der Waals surface area (Å²) in [5.41, 5.74) is 1.58. The molecule has 0 fully saturated rings. The summed E-state index contributed by atoms with van der Waals surface area (Å²) in [6.07, 6.45) is 0. The molecule has 1 N–H and O–H groups in total. The van der Waals surface area contributed by atoms with Crippen LogP contribution in [0.15, 0.2) is 40.6 Å². The number of hydrogen-bond donors (Lipinski definition) is 1. The summed E-state index contributed by atoms with van der Waals surface area (Å²) in [5.74, 6) is 0.0201. The summed E-state index contributed by atoms with van der Waals surface area (Å²) >= 11 is 1.66. The Kier molecular flexibility index (Phi) is 5.12. The number of aryl methyl sites for hydroxylation is 1. The first-order valence-corrected chi connectivity index (χ1v) is 9.03. The maximum atomic E-state index is 12.2. The van der Waals surface area contributed by atoms with Crippen molar-refractivity contribution in [3.63, 3.8) is 0 Å². The summed E-state index contributed by atoms with van der Waals surface area (Å²) in [4.78, 5) is 1.43. The van der Waals surface area contributed by atoms with Crippen LogP contribution in [0.5, 0.6) is 0 Å². The van der Waals surface area contributed by atoms with E-state index in [9.17, 15) is 8.42 Å². The van der Waals surface area contributed by atoms with Crippen LogP contribution < -0.4 is 5.32 Å². The number of nitrogens with zero attached hydrogens (tertiary/aromatic N) is 1. The second-order valence-corrected chi connectivity index (χ2v) is 7.77. The second-order valence-electron chi connectivity index (χ2n) is 4.66. The lowest BCUT2D eigenvalue weighted by atomic mass is 10.2. The van der Waals surface area contributed by atoms with Crippen molar-refractivity contribution in [3.05, 3.63) is 51.7 Å². The van der Waals surface area contributed by atoms with E-state index in [2.05, 4.69) is 5.32 Å². The molecule has 0 bridgehead atoms. The predicted molar refractivity (Wildman–Crippen MR) is 84.0 cm³/mol. The van der Waals surface area contributed by atoms with Gasteiger partial charge in [0.15, 0.2) is 9.84 Å². The highest BCUT2D eigenvalue weighted by molar-refractivity contribution is 7.91. The molecule has 2 rings (SSSR count). The predicted octanol–water partition coefficient (Wildman–Crippen LogP) is 2.49. The van der Waals surface area contributed by atoms with Crippen LogP contribution in [0.2, 0.25) is 0 Å². The molecule has 21 heavy (non-hydrogen) atoms. The minimum Gasteiger partial charge on any atom is -0.311 e. The van der Waals surface area contributed by atoms with Crippen LogP contribution in [-0.2, 0) is 16.4 Å². The van der Waals surface area contributed by atoms with E-state index in [4.69, 9.17) is 5.26 Å². The van der Waals surface area contributed by atoms with Gasteiger partial charge in [-0.15, -0.1) is 11.3 Å². The molecule has 0 unspecified atom stereocenters. The second kappa shape index (κ2) is 6.85. The molecular weight excluding hydrogens is 304 g/mol. The summed E-state index contributed by atoms with van der Waals surface area (Å²) in [7, 11) is -3.35. The molecule has 0 saturated heterocycles. The number of benzene rings is 1. The van der Waals surface area contributed by atoms with E-state index in [1.807, 2.05) is 24.4 Å². The first kappa shape index (κ1) is 15.7. The Morgan fingerprint density at radius 2 is 2.14 bits per heavy atom.